The smallest absolute Gasteiger partial charge is 0.273 e. The number of urea groups is 1. The van der Waals surface area contributed by atoms with E-state index in [1.807, 2.05) is 30.3 Å². The van der Waals surface area contributed by atoms with Gasteiger partial charge in [-0.05, 0) is 11.6 Å². The zero-order chi connectivity index (χ0) is 15.2. The fraction of sp³-hybridized carbons (Fsp3) is 0.0625. The lowest BCUT2D eigenvalue weighted by Gasteiger charge is -2.24. The molecule has 0 bridgehead atoms. The van der Waals surface area contributed by atoms with Crippen LogP contribution in [0, 0.1) is 0 Å². The molecular weight excluding hydrogens is 268 g/mol. The van der Waals surface area contributed by atoms with Crippen LogP contribution in [-0.2, 0) is 9.59 Å². The number of imide groups is 2. The molecule has 4 amide bonds. The Hall–Kier alpha value is -2.95. The van der Waals surface area contributed by atoms with Gasteiger partial charge in [0.15, 0.2) is 0 Å². The van der Waals surface area contributed by atoms with Crippen LogP contribution in [-0.4, -0.2) is 29.3 Å². The number of nitrogens with zero attached hydrogens (tertiary/aromatic N) is 1. The van der Waals surface area contributed by atoms with Crippen molar-refractivity contribution in [3.63, 3.8) is 0 Å². The minimum absolute atomic E-state index is 0.0533. The number of nitrogens with one attached hydrogen (secondary N) is 1. The summed E-state index contributed by atoms with van der Waals surface area (Å²) in [5.41, 5.74) is 0.862. The standard InChI is InChI=1S/C16H14N2O3/c1-2-11-18-15(20)13(14(19)17-16(18)21)10-6-9-12-7-4-3-5-8-12/h2-10H,1,11H2,(H,17,19,21)/b9-6-,13-10+. The van der Waals surface area contributed by atoms with Crippen LogP contribution in [0.5, 0.6) is 0 Å². The number of amides is 4. The highest BCUT2D eigenvalue weighted by molar-refractivity contribution is 6.29. The minimum Gasteiger partial charge on any atom is -0.273 e. The predicted molar refractivity (Wildman–Crippen MR) is 79.0 cm³/mol. The predicted octanol–water partition coefficient (Wildman–Crippen LogP) is 1.89. The number of rotatable bonds is 4. The van der Waals surface area contributed by atoms with Crippen LogP contribution in [0.4, 0.5) is 4.79 Å². The van der Waals surface area contributed by atoms with E-state index in [2.05, 4.69) is 11.9 Å². The molecule has 0 saturated carbocycles. The van der Waals surface area contributed by atoms with E-state index in [9.17, 15) is 14.4 Å². The van der Waals surface area contributed by atoms with Crippen molar-refractivity contribution in [1.29, 1.82) is 0 Å². The maximum absolute atomic E-state index is 12.1. The molecular formula is C16H14N2O3. The maximum Gasteiger partial charge on any atom is 0.331 e. The number of barbiturate groups is 1. The third-order valence-electron chi connectivity index (χ3n) is 2.85. The van der Waals surface area contributed by atoms with Gasteiger partial charge in [-0.25, -0.2) is 4.79 Å². The van der Waals surface area contributed by atoms with Crippen molar-refractivity contribution in [2.24, 2.45) is 0 Å². The van der Waals surface area contributed by atoms with Crippen LogP contribution in [0.3, 0.4) is 0 Å². The molecule has 0 aromatic heterocycles. The van der Waals surface area contributed by atoms with Crippen molar-refractivity contribution >= 4 is 23.9 Å². The van der Waals surface area contributed by atoms with Gasteiger partial charge in [0, 0.05) is 6.54 Å². The van der Waals surface area contributed by atoms with Gasteiger partial charge in [0.1, 0.15) is 5.57 Å². The van der Waals surface area contributed by atoms with Gasteiger partial charge < -0.3 is 0 Å². The van der Waals surface area contributed by atoms with Gasteiger partial charge in [0.05, 0.1) is 0 Å². The van der Waals surface area contributed by atoms with E-state index in [-0.39, 0.29) is 12.1 Å². The van der Waals surface area contributed by atoms with Crippen LogP contribution in [0.25, 0.3) is 6.08 Å². The first-order valence-electron chi connectivity index (χ1n) is 6.35. The molecule has 1 aliphatic heterocycles. The van der Waals surface area contributed by atoms with E-state index in [0.717, 1.165) is 10.5 Å². The maximum atomic E-state index is 12.1. The van der Waals surface area contributed by atoms with Crippen molar-refractivity contribution in [2.45, 2.75) is 0 Å². The third-order valence-corrected chi connectivity index (χ3v) is 2.85. The first-order chi connectivity index (χ1) is 10.1. The molecule has 0 radical (unpaired) electrons. The van der Waals surface area contributed by atoms with Crippen molar-refractivity contribution in [3.05, 3.63) is 66.3 Å². The van der Waals surface area contributed by atoms with Crippen LogP contribution >= 0.6 is 0 Å². The fourth-order valence-electron chi connectivity index (χ4n) is 1.83. The summed E-state index contributed by atoms with van der Waals surface area (Å²) in [6, 6.07) is 8.73. The molecule has 1 fully saturated rings. The Morgan fingerprint density at radius 1 is 1.14 bits per heavy atom. The normalized spacial score (nSPS) is 17.4. The average molecular weight is 282 g/mol. The molecule has 1 heterocycles. The largest absolute Gasteiger partial charge is 0.331 e. The SMILES string of the molecule is C=CCN1C(=O)NC(=O)/C(=C\C=C/c2ccccc2)C1=O. The molecule has 1 aromatic carbocycles. The first kappa shape index (κ1) is 14.5. The topological polar surface area (TPSA) is 66.5 Å². The Bertz CT molecular complexity index is 645. The number of allylic oxidation sites excluding steroid dienone is 2. The summed E-state index contributed by atoms with van der Waals surface area (Å²) in [7, 11) is 0. The molecule has 0 atom stereocenters. The Labute approximate surface area is 122 Å². The molecule has 5 heteroatoms. The summed E-state index contributed by atoms with van der Waals surface area (Å²) >= 11 is 0. The van der Waals surface area contributed by atoms with Gasteiger partial charge >= 0.3 is 6.03 Å². The van der Waals surface area contributed by atoms with Crippen LogP contribution in [0.15, 0.2) is 60.7 Å². The lowest BCUT2D eigenvalue weighted by Crippen LogP contribution is -2.54. The fourth-order valence-corrected chi connectivity index (χ4v) is 1.83. The highest BCUT2D eigenvalue weighted by atomic mass is 16.2. The van der Waals surface area contributed by atoms with Gasteiger partial charge in [0.25, 0.3) is 11.8 Å². The second-order valence-corrected chi connectivity index (χ2v) is 4.31. The number of hydrogen-bond donors (Lipinski definition) is 1. The molecule has 21 heavy (non-hydrogen) atoms. The number of carbonyl (C=O) groups is 3. The van der Waals surface area contributed by atoms with Crippen LogP contribution in [0.2, 0.25) is 0 Å². The van der Waals surface area contributed by atoms with Gasteiger partial charge in [0.2, 0.25) is 0 Å². The molecule has 1 saturated heterocycles. The second kappa shape index (κ2) is 6.47. The first-order valence-corrected chi connectivity index (χ1v) is 6.35. The zero-order valence-electron chi connectivity index (χ0n) is 11.3. The highest BCUT2D eigenvalue weighted by Crippen LogP contribution is 2.10. The number of benzene rings is 1. The monoisotopic (exact) mass is 282 g/mol. The lowest BCUT2D eigenvalue weighted by molar-refractivity contribution is -0.129. The van der Waals surface area contributed by atoms with Crippen molar-refractivity contribution in [3.8, 4) is 0 Å². The number of hydrogen-bond acceptors (Lipinski definition) is 3. The molecule has 0 spiro atoms. The summed E-state index contributed by atoms with van der Waals surface area (Å²) < 4.78 is 0. The molecule has 0 unspecified atom stereocenters. The highest BCUT2D eigenvalue weighted by Gasteiger charge is 2.34. The molecule has 2 rings (SSSR count). The van der Waals surface area contributed by atoms with E-state index in [4.69, 9.17) is 0 Å². The van der Waals surface area contributed by atoms with Gasteiger partial charge in [-0.2, -0.15) is 0 Å². The third kappa shape index (κ3) is 3.33. The van der Waals surface area contributed by atoms with Crippen LogP contribution < -0.4 is 5.32 Å². The summed E-state index contributed by atoms with van der Waals surface area (Å²) in [6.07, 6.45) is 6.18. The zero-order valence-corrected chi connectivity index (χ0v) is 11.3. The van der Waals surface area contributed by atoms with E-state index < -0.39 is 17.8 Å². The molecule has 1 aliphatic rings. The second-order valence-electron chi connectivity index (χ2n) is 4.31. The molecule has 1 aromatic rings. The Balaban J connectivity index is 2.20. The summed E-state index contributed by atoms with van der Waals surface area (Å²) in [6.45, 7) is 3.53. The minimum atomic E-state index is -0.728. The van der Waals surface area contributed by atoms with Crippen molar-refractivity contribution in [2.75, 3.05) is 6.54 Å². The van der Waals surface area contributed by atoms with Crippen molar-refractivity contribution < 1.29 is 14.4 Å². The summed E-state index contributed by atoms with van der Waals surface area (Å²) in [5.74, 6) is -1.32. The Morgan fingerprint density at radius 3 is 2.52 bits per heavy atom. The van der Waals surface area contributed by atoms with E-state index in [1.54, 1.807) is 12.2 Å². The van der Waals surface area contributed by atoms with E-state index in [1.165, 1.54) is 12.2 Å². The van der Waals surface area contributed by atoms with Crippen molar-refractivity contribution in [1.82, 2.24) is 10.2 Å². The van der Waals surface area contributed by atoms with E-state index in [0.29, 0.717) is 0 Å². The Morgan fingerprint density at radius 2 is 1.86 bits per heavy atom. The average Bonchev–Trinajstić information content (AvgIpc) is 2.48. The number of carbonyl (C=O) groups excluding carboxylic acids is 3. The molecule has 5 nitrogen and oxygen atoms in total. The van der Waals surface area contributed by atoms with Crippen LogP contribution in [0.1, 0.15) is 5.56 Å². The quantitative estimate of drug-likeness (QED) is 0.521. The van der Waals surface area contributed by atoms with E-state index >= 15 is 0 Å². The molecule has 106 valence electrons. The molecule has 0 aliphatic carbocycles. The summed E-state index contributed by atoms with van der Waals surface area (Å²) in [4.78, 5) is 36.2. The van der Waals surface area contributed by atoms with Gasteiger partial charge in [-0.1, -0.05) is 48.6 Å². The lowest BCUT2D eigenvalue weighted by atomic mass is 10.1. The Kier molecular flexibility index (Phi) is 4.46. The summed E-state index contributed by atoms with van der Waals surface area (Å²) in [5, 5.41) is 2.12. The van der Waals surface area contributed by atoms with Gasteiger partial charge in [-0.3, -0.25) is 19.8 Å². The van der Waals surface area contributed by atoms with Gasteiger partial charge in [-0.15, -0.1) is 6.58 Å². The molecule has 1 N–H and O–H groups in total.